The Morgan fingerprint density at radius 1 is 1.17 bits per heavy atom. The molecule has 0 aliphatic carbocycles. The van der Waals surface area contributed by atoms with Crippen LogP contribution < -0.4 is 5.73 Å². The van der Waals surface area contributed by atoms with Gasteiger partial charge in [-0.2, -0.15) is 0 Å². The smallest absolute Gasteiger partial charge is 0.180 e. The molecular weight excluding hydrogens is 311 g/mol. The molecular formula is C17H17FN4S. The van der Waals surface area contributed by atoms with Crippen LogP contribution in [-0.2, 0) is 12.8 Å². The Bertz CT molecular complexity index is 816. The molecule has 3 rings (SSSR count). The summed E-state index contributed by atoms with van der Waals surface area (Å²) in [5.41, 5.74) is 7.70. The third-order valence-electron chi connectivity index (χ3n) is 3.47. The van der Waals surface area contributed by atoms with Crippen molar-refractivity contribution in [1.82, 2.24) is 15.0 Å². The first-order chi connectivity index (χ1) is 11.1. The number of aromatic nitrogens is 3. The van der Waals surface area contributed by atoms with E-state index in [2.05, 4.69) is 15.0 Å². The summed E-state index contributed by atoms with van der Waals surface area (Å²) in [5.74, 6) is 0.388. The Labute approximate surface area is 138 Å². The molecule has 1 aromatic carbocycles. The summed E-state index contributed by atoms with van der Waals surface area (Å²) in [7, 11) is 0. The summed E-state index contributed by atoms with van der Waals surface area (Å²) in [4.78, 5) is 14.0. The van der Waals surface area contributed by atoms with E-state index >= 15 is 0 Å². The van der Waals surface area contributed by atoms with Crippen molar-refractivity contribution in [2.45, 2.75) is 26.2 Å². The minimum atomic E-state index is -0.267. The quantitative estimate of drug-likeness (QED) is 0.773. The van der Waals surface area contributed by atoms with Gasteiger partial charge in [-0.25, -0.2) is 19.3 Å². The van der Waals surface area contributed by atoms with Gasteiger partial charge in [0.2, 0.25) is 0 Å². The zero-order valence-corrected chi connectivity index (χ0v) is 13.6. The molecule has 118 valence electrons. The van der Waals surface area contributed by atoms with Crippen molar-refractivity contribution in [3.63, 3.8) is 0 Å². The van der Waals surface area contributed by atoms with E-state index in [1.54, 1.807) is 12.1 Å². The van der Waals surface area contributed by atoms with Crippen LogP contribution in [-0.4, -0.2) is 15.0 Å². The van der Waals surface area contributed by atoms with Crippen LogP contribution in [0.2, 0.25) is 0 Å². The fourth-order valence-corrected chi connectivity index (χ4v) is 3.17. The van der Waals surface area contributed by atoms with Crippen LogP contribution >= 0.6 is 11.3 Å². The average Bonchev–Trinajstić information content (AvgIpc) is 2.93. The number of halogens is 1. The van der Waals surface area contributed by atoms with E-state index in [0.29, 0.717) is 22.2 Å². The lowest BCUT2D eigenvalue weighted by Gasteiger charge is -2.07. The first kappa shape index (κ1) is 15.6. The van der Waals surface area contributed by atoms with Crippen molar-refractivity contribution in [1.29, 1.82) is 0 Å². The van der Waals surface area contributed by atoms with E-state index in [-0.39, 0.29) is 5.82 Å². The molecule has 0 saturated carbocycles. The fourth-order valence-electron chi connectivity index (χ4n) is 2.45. The standard InChI is InChI=1S/C17H17FN4S/c1-11-21-12(5-4-6-13-10-20-17(19)23-13)9-16(22-11)14-7-2-3-8-15(14)18/h2-3,7-10H,4-6H2,1H3,(H2,19,20). The van der Waals surface area contributed by atoms with Gasteiger partial charge in [0.1, 0.15) is 11.6 Å². The molecule has 0 spiro atoms. The van der Waals surface area contributed by atoms with Crippen LogP contribution in [0.4, 0.5) is 9.52 Å². The predicted octanol–water partition coefficient (Wildman–Crippen LogP) is 3.81. The van der Waals surface area contributed by atoms with E-state index in [9.17, 15) is 4.39 Å². The number of thiazole rings is 1. The normalized spacial score (nSPS) is 10.9. The summed E-state index contributed by atoms with van der Waals surface area (Å²) in [6, 6.07) is 8.53. The van der Waals surface area contributed by atoms with Gasteiger partial charge in [-0.3, -0.25) is 0 Å². The number of nitrogens with zero attached hydrogens (tertiary/aromatic N) is 3. The zero-order valence-electron chi connectivity index (χ0n) is 12.8. The lowest BCUT2D eigenvalue weighted by Crippen LogP contribution is -1.99. The molecule has 0 atom stereocenters. The summed E-state index contributed by atoms with van der Waals surface area (Å²) in [5, 5.41) is 0.597. The maximum Gasteiger partial charge on any atom is 0.180 e. The maximum absolute atomic E-state index is 13.9. The number of nitrogens with two attached hydrogens (primary N) is 1. The number of nitrogen functional groups attached to an aromatic ring is 1. The van der Waals surface area contributed by atoms with Crippen LogP contribution in [0, 0.1) is 12.7 Å². The number of hydrogen-bond donors (Lipinski definition) is 1. The topological polar surface area (TPSA) is 64.7 Å². The van der Waals surface area contributed by atoms with Crippen LogP contribution in [0.1, 0.15) is 22.8 Å². The highest BCUT2D eigenvalue weighted by Gasteiger charge is 2.09. The molecule has 4 nitrogen and oxygen atoms in total. The van der Waals surface area contributed by atoms with Gasteiger partial charge in [-0.1, -0.05) is 12.1 Å². The Morgan fingerprint density at radius 3 is 2.74 bits per heavy atom. The molecule has 0 aliphatic rings. The van der Waals surface area contributed by atoms with Gasteiger partial charge in [-0.05, 0) is 44.4 Å². The third-order valence-corrected chi connectivity index (χ3v) is 4.35. The lowest BCUT2D eigenvalue weighted by atomic mass is 10.1. The number of anilines is 1. The van der Waals surface area contributed by atoms with Crippen LogP contribution in [0.5, 0.6) is 0 Å². The molecule has 6 heteroatoms. The van der Waals surface area contributed by atoms with E-state index in [4.69, 9.17) is 5.73 Å². The monoisotopic (exact) mass is 328 g/mol. The first-order valence-electron chi connectivity index (χ1n) is 7.41. The highest BCUT2D eigenvalue weighted by molar-refractivity contribution is 7.15. The molecule has 2 aromatic heterocycles. The highest BCUT2D eigenvalue weighted by atomic mass is 32.1. The van der Waals surface area contributed by atoms with E-state index in [0.717, 1.165) is 25.0 Å². The third kappa shape index (κ3) is 3.90. The molecule has 0 fully saturated rings. The minimum absolute atomic E-state index is 0.267. The van der Waals surface area contributed by atoms with Crippen molar-refractivity contribution in [3.8, 4) is 11.3 Å². The fraction of sp³-hybridized carbons (Fsp3) is 0.235. The Balaban J connectivity index is 1.74. The van der Waals surface area contributed by atoms with E-state index in [1.165, 1.54) is 22.3 Å². The SMILES string of the molecule is Cc1nc(CCCc2cnc(N)s2)cc(-c2ccccc2F)n1. The van der Waals surface area contributed by atoms with Crippen molar-refractivity contribution >= 4 is 16.5 Å². The summed E-state index contributed by atoms with van der Waals surface area (Å²) in [6.45, 7) is 1.83. The van der Waals surface area contributed by atoms with Crippen LogP contribution in [0.25, 0.3) is 11.3 Å². The molecule has 3 aromatic rings. The minimum Gasteiger partial charge on any atom is -0.375 e. The van der Waals surface area contributed by atoms with E-state index < -0.39 is 0 Å². The van der Waals surface area contributed by atoms with Gasteiger partial charge in [0, 0.05) is 22.3 Å². The summed E-state index contributed by atoms with van der Waals surface area (Å²) < 4.78 is 13.9. The van der Waals surface area contributed by atoms with Gasteiger partial charge < -0.3 is 5.73 Å². The maximum atomic E-state index is 13.9. The van der Waals surface area contributed by atoms with Gasteiger partial charge in [-0.15, -0.1) is 11.3 Å². The molecule has 0 unspecified atom stereocenters. The van der Waals surface area contributed by atoms with E-state index in [1.807, 2.05) is 25.3 Å². The second kappa shape index (κ2) is 6.83. The summed E-state index contributed by atoms with van der Waals surface area (Å²) in [6.07, 6.45) is 4.47. The van der Waals surface area contributed by atoms with Crippen LogP contribution in [0.3, 0.4) is 0 Å². The average molecular weight is 328 g/mol. The van der Waals surface area contributed by atoms with Crippen molar-refractivity contribution in [2.24, 2.45) is 0 Å². The lowest BCUT2D eigenvalue weighted by molar-refractivity contribution is 0.630. The molecule has 2 heterocycles. The molecule has 0 bridgehead atoms. The first-order valence-corrected chi connectivity index (χ1v) is 8.23. The number of benzene rings is 1. The van der Waals surface area contributed by atoms with Crippen molar-refractivity contribution in [3.05, 3.63) is 58.7 Å². The zero-order chi connectivity index (χ0) is 16.2. The van der Waals surface area contributed by atoms with Gasteiger partial charge in [0.15, 0.2) is 5.13 Å². The molecule has 0 radical (unpaired) electrons. The number of hydrogen-bond acceptors (Lipinski definition) is 5. The van der Waals surface area contributed by atoms with Crippen molar-refractivity contribution < 1.29 is 4.39 Å². The van der Waals surface area contributed by atoms with Crippen LogP contribution in [0.15, 0.2) is 36.5 Å². The number of rotatable bonds is 5. The molecule has 0 amide bonds. The molecule has 2 N–H and O–H groups in total. The van der Waals surface area contributed by atoms with Gasteiger partial charge >= 0.3 is 0 Å². The predicted molar refractivity (Wildman–Crippen MR) is 90.7 cm³/mol. The largest absolute Gasteiger partial charge is 0.375 e. The molecule has 0 saturated heterocycles. The second-order valence-corrected chi connectivity index (χ2v) is 6.44. The molecule has 0 aliphatic heterocycles. The molecule has 23 heavy (non-hydrogen) atoms. The number of aryl methyl sites for hydroxylation is 3. The van der Waals surface area contributed by atoms with Gasteiger partial charge in [0.25, 0.3) is 0 Å². The van der Waals surface area contributed by atoms with Gasteiger partial charge in [0.05, 0.1) is 5.69 Å². The summed E-state index contributed by atoms with van der Waals surface area (Å²) >= 11 is 1.51. The second-order valence-electron chi connectivity index (χ2n) is 5.29. The Kier molecular flexibility index (Phi) is 4.62. The Morgan fingerprint density at radius 2 is 2.00 bits per heavy atom. The highest BCUT2D eigenvalue weighted by Crippen LogP contribution is 2.22. The Hall–Kier alpha value is -2.34. The van der Waals surface area contributed by atoms with Crippen molar-refractivity contribution in [2.75, 3.05) is 5.73 Å².